The van der Waals surface area contributed by atoms with Crippen LogP contribution in [-0.4, -0.2) is 31.5 Å². The van der Waals surface area contributed by atoms with Crippen LogP contribution in [-0.2, 0) is 0 Å². The summed E-state index contributed by atoms with van der Waals surface area (Å²) in [6.45, 7) is 2.70. The summed E-state index contributed by atoms with van der Waals surface area (Å²) in [5.41, 5.74) is 0.944. The van der Waals surface area contributed by atoms with Gasteiger partial charge in [-0.2, -0.15) is 0 Å². The summed E-state index contributed by atoms with van der Waals surface area (Å²) < 4.78 is 13.6. The fourth-order valence-corrected chi connectivity index (χ4v) is 1.81. The molecule has 0 saturated heterocycles. The van der Waals surface area contributed by atoms with Crippen LogP contribution in [0.15, 0.2) is 18.2 Å². The van der Waals surface area contributed by atoms with Crippen LogP contribution in [0.3, 0.4) is 0 Å². The second-order valence-corrected chi connectivity index (χ2v) is 4.15. The van der Waals surface area contributed by atoms with E-state index < -0.39 is 6.10 Å². The van der Waals surface area contributed by atoms with Gasteiger partial charge in [0.15, 0.2) is 0 Å². The molecule has 0 aliphatic heterocycles. The second-order valence-electron chi connectivity index (χ2n) is 3.39. The summed E-state index contributed by atoms with van der Waals surface area (Å²) in [4.78, 5) is 0. The molecule has 2 N–H and O–H groups in total. The number of benzene rings is 1. The van der Waals surface area contributed by atoms with Crippen LogP contribution < -0.4 is 13.0 Å². The van der Waals surface area contributed by atoms with Gasteiger partial charge in [0.05, 0.1) is 7.11 Å². The van der Waals surface area contributed by atoms with Gasteiger partial charge in [0, 0.05) is 35.0 Å². The van der Waals surface area contributed by atoms with Gasteiger partial charge in [-0.05, 0) is 19.1 Å². The maximum atomic E-state index is 9.50. The lowest BCUT2D eigenvalue weighted by Gasteiger charge is -2.14. The summed E-state index contributed by atoms with van der Waals surface area (Å²) in [7, 11) is 1.63. The van der Waals surface area contributed by atoms with Gasteiger partial charge in [0.2, 0.25) is 0 Å². The third-order valence-corrected chi connectivity index (χ3v) is 2.64. The van der Waals surface area contributed by atoms with Crippen LogP contribution in [0.25, 0.3) is 0 Å². The number of hydrogen-bond donors (Lipinski definition) is 2. The Bertz CT molecular complexity index is 333. The molecule has 0 bridgehead atoms. The van der Waals surface area contributed by atoms with Crippen LogP contribution in [0.2, 0.25) is 0 Å². The van der Waals surface area contributed by atoms with E-state index in [0.29, 0.717) is 6.54 Å². The Morgan fingerprint density at radius 2 is 2.12 bits per heavy atom. The fraction of sp³-hybridized carbons (Fsp3) is 0.455. The van der Waals surface area contributed by atoms with Crippen LogP contribution >= 0.6 is 22.9 Å². The summed E-state index contributed by atoms with van der Waals surface area (Å²) in [6.07, 6.45) is -0.512. The van der Waals surface area contributed by atoms with E-state index in [0.717, 1.165) is 17.1 Å². The Morgan fingerprint density at radius 1 is 1.44 bits per heavy atom. The summed E-state index contributed by atoms with van der Waals surface area (Å²) in [5, 5.41) is 9.50. The van der Waals surface area contributed by atoms with Crippen LogP contribution in [0.4, 0.5) is 0 Å². The van der Waals surface area contributed by atoms with E-state index in [1.165, 1.54) is 0 Å². The molecule has 0 aliphatic rings. The van der Waals surface area contributed by atoms with Gasteiger partial charge < -0.3 is 14.6 Å². The SMILES string of the molecule is COc1cccc(OCC(O)CNI)c1C. The molecule has 0 heterocycles. The van der Waals surface area contributed by atoms with E-state index in [9.17, 15) is 5.11 Å². The molecule has 0 fully saturated rings. The minimum absolute atomic E-state index is 0.268. The highest BCUT2D eigenvalue weighted by atomic mass is 127. The Morgan fingerprint density at radius 3 is 2.75 bits per heavy atom. The number of rotatable bonds is 6. The molecular formula is C11H16INO3. The van der Waals surface area contributed by atoms with Gasteiger partial charge >= 0.3 is 0 Å². The average molecular weight is 337 g/mol. The smallest absolute Gasteiger partial charge is 0.126 e. The van der Waals surface area contributed by atoms with E-state index in [-0.39, 0.29) is 6.61 Å². The molecule has 1 aromatic carbocycles. The first-order valence-corrected chi connectivity index (χ1v) is 6.05. The molecular weight excluding hydrogens is 321 g/mol. The van der Waals surface area contributed by atoms with Crippen molar-refractivity contribution in [3.05, 3.63) is 23.8 Å². The van der Waals surface area contributed by atoms with Crippen LogP contribution in [0.5, 0.6) is 11.5 Å². The molecule has 4 nitrogen and oxygen atoms in total. The van der Waals surface area contributed by atoms with E-state index in [1.54, 1.807) is 7.11 Å². The first-order valence-electron chi connectivity index (χ1n) is 4.97. The van der Waals surface area contributed by atoms with E-state index >= 15 is 0 Å². The average Bonchev–Trinajstić information content (AvgIpc) is 2.28. The molecule has 0 radical (unpaired) electrons. The molecule has 1 aromatic rings. The summed E-state index contributed by atoms with van der Waals surface area (Å²) in [5.74, 6) is 1.53. The maximum Gasteiger partial charge on any atom is 0.126 e. The van der Waals surface area contributed by atoms with Crippen molar-refractivity contribution in [2.24, 2.45) is 0 Å². The number of nitrogens with one attached hydrogen (secondary N) is 1. The molecule has 16 heavy (non-hydrogen) atoms. The number of hydrogen-bond acceptors (Lipinski definition) is 4. The van der Waals surface area contributed by atoms with E-state index in [2.05, 4.69) is 3.53 Å². The molecule has 0 aliphatic carbocycles. The zero-order valence-corrected chi connectivity index (χ0v) is 11.5. The van der Waals surface area contributed by atoms with Crippen molar-refractivity contribution in [2.75, 3.05) is 20.3 Å². The van der Waals surface area contributed by atoms with Gasteiger partial charge in [-0.1, -0.05) is 6.07 Å². The lowest BCUT2D eigenvalue weighted by atomic mass is 10.2. The first-order chi connectivity index (χ1) is 7.69. The van der Waals surface area contributed by atoms with Crippen LogP contribution in [0, 0.1) is 6.92 Å². The molecule has 1 rings (SSSR count). The van der Waals surface area contributed by atoms with Crippen molar-refractivity contribution < 1.29 is 14.6 Å². The largest absolute Gasteiger partial charge is 0.496 e. The number of halogens is 1. The van der Waals surface area contributed by atoms with E-state index in [1.807, 2.05) is 48.0 Å². The van der Waals surface area contributed by atoms with Gasteiger partial charge in [0.1, 0.15) is 24.2 Å². The third kappa shape index (κ3) is 3.80. The monoisotopic (exact) mass is 337 g/mol. The second kappa shape index (κ2) is 6.93. The highest BCUT2D eigenvalue weighted by Gasteiger charge is 2.08. The highest BCUT2D eigenvalue weighted by Crippen LogP contribution is 2.26. The van der Waals surface area contributed by atoms with Crippen molar-refractivity contribution in [2.45, 2.75) is 13.0 Å². The molecule has 0 aromatic heterocycles. The lowest BCUT2D eigenvalue weighted by Crippen LogP contribution is -2.26. The molecule has 1 unspecified atom stereocenters. The highest BCUT2D eigenvalue weighted by molar-refractivity contribution is 14.1. The van der Waals surface area contributed by atoms with Gasteiger partial charge in [-0.25, -0.2) is 0 Å². The van der Waals surface area contributed by atoms with Gasteiger partial charge in [0.25, 0.3) is 0 Å². The molecule has 5 heteroatoms. The van der Waals surface area contributed by atoms with Crippen molar-refractivity contribution in [3.8, 4) is 11.5 Å². The minimum atomic E-state index is -0.512. The Hall–Kier alpha value is -0.530. The quantitative estimate of drug-likeness (QED) is 0.613. The predicted molar refractivity (Wildman–Crippen MR) is 71.3 cm³/mol. The Balaban J connectivity index is 2.60. The summed E-state index contributed by atoms with van der Waals surface area (Å²) >= 11 is 1.99. The topological polar surface area (TPSA) is 50.7 Å². The zero-order valence-electron chi connectivity index (χ0n) is 9.37. The lowest BCUT2D eigenvalue weighted by molar-refractivity contribution is 0.112. The van der Waals surface area contributed by atoms with Crippen molar-refractivity contribution >= 4 is 22.9 Å². The Kier molecular flexibility index (Phi) is 5.86. The van der Waals surface area contributed by atoms with Gasteiger partial charge in [-0.15, -0.1) is 0 Å². The molecule has 0 amide bonds. The molecule has 0 saturated carbocycles. The minimum Gasteiger partial charge on any atom is -0.496 e. The number of methoxy groups -OCH3 is 1. The normalized spacial score (nSPS) is 12.2. The standard InChI is InChI=1S/C11H16INO3/c1-8-10(15-2)4-3-5-11(8)16-7-9(14)6-13-12/h3-5,9,13-14H,6-7H2,1-2H3. The van der Waals surface area contributed by atoms with E-state index in [4.69, 9.17) is 9.47 Å². The van der Waals surface area contributed by atoms with Crippen molar-refractivity contribution in [1.29, 1.82) is 0 Å². The van der Waals surface area contributed by atoms with Crippen molar-refractivity contribution in [3.63, 3.8) is 0 Å². The molecule has 90 valence electrons. The molecule has 0 spiro atoms. The van der Waals surface area contributed by atoms with Crippen molar-refractivity contribution in [1.82, 2.24) is 3.53 Å². The maximum absolute atomic E-state index is 9.50. The third-order valence-electron chi connectivity index (χ3n) is 2.20. The Labute approximate surface area is 109 Å². The number of aliphatic hydroxyl groups excluding tert-OH is 1. The van der Waals surface area contributed by atoms with Crippen LogP contribution in [0.1, 0.15) is 5.56 Å². The molecule has 1 atom stereocenters. The number of aliphatic hydroxyl groups is 1. The first kappa shape index (κ1) is 13.5. The zero-order chi connectivity index (χ0) is 12.0. The fourth-order valence-electron chi connectivity index (χ4n) is 1.31. The summed E-state index contributed by atoms with van der Waals surface area (Å²) in [6, 6.07) is 5.61. The number of ether oxygens (including phenoxy) is 2. The predicted octanol–water partition coefficient (Wildman–Crippen LogP) is 1.68. The van der Waals surface area contributed by atoms with Gasteiger partial charge in [-0.3, -0.25) is 3.53 Å².